The topological polar surface area (TPSA) is 64.3 Å². The summed E-state index contributed by atoms with van der Waals surface area (Å²) in [6.07, 6.45) is 14.4. The van der Waals surface area contributed by atoms with Gasteiger partial charge in [0.15, 0.2) is 0 Å². The highest BCUT2D eigenvalue weighted by Crippen LogP contribution is 2.31. The second-order valence-electron chi connectivity index (χ2n) is 8.23. The lowest BCUT2D eigenvalue weighted by atomic mass is 9.94. The molecule has 3 aliphatic rings. The number of aromatic amines is 1. The SMILES string of the molecule is O=C(NCC1CCCN1C1CCCCC1)N1CCCCC1c1ccn[nH]1. The molecule has 4 rings (SSSR count). The van der Waals surface area contributed by atoms with Gasteiger partial charge in [0, 0.05) is 31.4 Å². The van der Waals surface area contributed by atoms with Crippen molar-refractivity contribution >= 4 is 6.03 Å². The van der Waals surface area contributed by atoms with E-state index < -0.39 is 0 Å². The number of amides is 2. The van der Waals surface area contributed by atoms with Crippen LogP contribution >= 0.6 is 0 Å². The zero-order chi connectivity index (χ0) is 17.8. The van der Waals surface area contributed by atoms with Gasteiger partial charge in [-0.2, -0.15) is 5.10 Å². The lowest BCUT2D eigenvalue weighted by Crippen LogP contribution is -2.50. The number of likely N-dealkylation sites (tertiary alicyclic amines) is 2. The van der Waals surface area contributed by atoms with Crippen molar-refractivity contribution in [2.45, 2.75) is 82.3 Å². The molecular formula is C20H33N5O. The predicted molar refractivity (Wildman–Crippen MR) is 102 cm³/mol. The van der Waals surface area contributed by atoms with E-state index in [0.717, 1.165) is 37.7 Å². The first kappa shape index (κ1) is 17.8. The van der Waals surface area contributed by atoms with Crippen LogP contribution in [0.4, 0.5) is 4.79 Å². The third-order valence-corrected chi connectivity index (χ3v) is 6.60. The molecule has 0 aromatic carbocycles. The van der Waals surface area contributed by atoms with Crippen molar-refractivity contribution in [3.05, 3.63) is 18.0 Å². The molecule has 0 radical (unpaired) electrons. The molecule has 2 N–H and O–H groups in total. The molecular weight excluding hydrogens is 326 g/mol. The lowest BCUT2D eigenvalue weighted by molar-refractivity contribution is 0.129. The number of carbonyl (C=O) groups excluding carboxylic acids is 1. The highest BCUT2D eigenvalue weighted by molar-refractivity contribution is 5.74. The van der Waals surface area contributed by atoms with Gasteiger partial charge >= 0.3 is 6.03 Å². The molecule has 1 aromatic rings. The molecule has 6 nitrogen and oxygen atoms in total. The molecule has 2 amide bonds. The Hall–Kier alpha value is -1.56. The van der Waals surface area contributed by atoms with Crippen LogP contribution in [0.3, 0.4) is 0 Å². The van der Waals surface area contributed by atoms with Gasteiger partial charge in [-0.05, 0) is 57.6 Å². The molecule has 2 saturated heterocycles. The smallest absolute Gasteiger partial charge is 0.318 e. The van der Waals surface area contributed by atoms with Gasteiger partial charge in [0.1, 0.15) is 0 Å². The molecule has 26 heavy (non-hydrogen) atoms. The summed E-state index contributed by atoms with van der Waals surface area (Å²) in [6, 6.07) is 3.51. The Balaban J connectivity index is 1.33. The summed E-state index contributed by atoms with van der Waals surface area (Å²) in [5.74, 6) is 0. The van der Waals surface area contributed by atoms with E-state index in [1.807, 2.05) is 11.0 Å². The minimum Gasteiger partial charge on any atom is -0.336 e. The lowest BCUT2D eigenvalue weighted by Gasteiger charge is -2.37. The first-order chi connectivity index (χ1) is 12.8. The maximum atomic E-state index is 12.9. The van der Waals surface area contributed by atoms with Crippen LogP contribution in [0.15, 0.2) is 12.3 Å². The van der Waals surface area contributed by atoms with Gasteiger partial charge < -0.3 is 10.2 Å². The van der Waals surface area contributed by atoms with Crippen molar-refractivity contribution in [3.63, 3.8) is 0 Å². The number of carbonyl (C=O) groups is 1. The monoisotopic (exact) mass is 359 g/mol. The number of hydrogen-bond acceptors (Lipinski definition) is 3. The van der Waals surface area contributed by atoms with Gasteiger partial charge in [0.2, 0.25) is 0 Å². The third kappa shape index (κ3) is 3.90. The van der Waals surface area contributed by atoms with Crippen LogP contribution in [-0.2, 0) is 0 Å². The van der Waals surface area contributed by atoms with Crippen molar-refractivity contribution in [1.29, 1.82) is 0 Å². The van der Waals surface area contributed by atoms with E-state index in [2.05, 4.69) is 20.4 Å². The molecule has 2 atom stereocenters. The Morgan fingerprint density at radius 3 is 2.73 bits per heavy atom. The molecule has 2 aliphatic heterocycles. The van der Waals surface area contributed by atoms with E-state index >= 15 is 0 Å². The van der Waals surface area contributed by atoms with Crippen molar-refractivity contribution in [3.8, 4) is 0 Å². The summed E-state index contributed by atoms with van der Waals surface area (Å²) < 4.78 is 0. The maximum absolute atomic E-state index is 12.9. The molecule has 1 saturated carbocycles. The standard InChI is InChI=1S/C20H33N5O/c26-20(25-13-5-4-10-19(25)18-11-12-22-23-18)21-15-17-9-6-14-24(17)16-7-2-1-3-8-16/h11-12,16-17,19H,1-10,13-15H2,(H,21,26)(H,22,23). The Bertz CT molecular complexity index is 569. The Kier molecular flexibility index (Phi) is 5.78. The minimum absolute atomic E-state index is 0.0970. The van der Waals surface area contributed by atoms with Crippen LogP contribution in [-0.4, -0.2) is 57.7 Å². The van der Waals surface area contributed by atoms with E-state index in [-0.39, 0.29) is 12.1 Å². The van der Waals surface area contributed by atoms with Crippen LogP contribution in [0.1, 0.15) is 75.9 Å². The fraction of sp³-hybridized carbons (Fsp3) is 0.800. The molecule has 1 aliphatic carbocycles. The van der Waals surface area contributed by atoms with Gasteiger partial charge in [-0.3, -0.25) is 10.00 Å². The molecule has 0 bridgehead atoms. The molecule has 0 spiro atoms. The average Bonchev–Trinajstić information content (AvgIpc) is 3.39. The number of rotatable bonds is 4. The molecule has 144 valence electrons. The zero-order valence-corrected chi connectivity index (χ0v) is 15.8. The Morgan fingerprint density at radius 2 is 1.92 bits per heavy atom. The summed E-state index contributed by atoms with van der Waals surface area (Å²) in [4.78, 5) is 17.6. The molecule has 2 unspecified atom stereocenters. The van der Waals surface area contributed by atoms with Crippen molar-refractivity contribution in [2.24, 2.45) is 0 Å². The fourth-order valence-corrected chi connectivity index (χ4v) is 5.23. The highest BCUT2D eigenvalue weighted by atomic mass is 16.2. The Morgan fingerprint density at radius 1 is 1.08 bits per heavy atom. The van der Waals surface area contributed by atoms with E-state index in [1.54, 1.807) is 6.20 Å². The number of piperidine rings is 1. The molecule has 3 heterocycles. The number of urea groups is 1. The molecule has 3 fully saturated rings. The van der Waals surface area contributed by atoms with Gasteiger partial charge in [-0.15, -0.1) is 0 Å². The van der Waals surface area contributed by atoms with Crippen LogP contribution in [0.2, 0.25) is 0 Å². The molecule has 6 heteroatoms. The van der Waals surface area contributed by atoms with Crippen LogP contribution in [0.5, 0.6) is 0 Å². The quantitative estimate of drug-likeness (QED) is 0.865. The Labute approximate surface area is 156 Å². The van der Waals surface area contributed by atoms with Crippen LogP contribution < -0.4 is 5.32 Å². The fourth-order valence-electron chi connectivity index (χ4n) is 5.23. The average molecular weight is 360 g/mol. The van der Waals surface area contributed by atoms with E-state index in [1.165, 1.54) is 57.9 Å². The largest absolute Gasteiger partial charge is 0.336 e. The first-order valence-electron chi connectivity index (χ1n) is 10.6. The summed E-state index contributed by atoms with van der Waals surface area (Å²) >= 11 is 0. The zero-order valence-electron chi connectivity index (χ0n) is 15.8. The van der Waals surface area contributed by atoms with E-state index in [9.17, 15) is 4.79 Å². The third-order valence-electron chi connectivity index (χ3n) is 6.60. The van der Waals surface area contributed by atoms with E-state index in [4.69, 9.17) is 0 Å². The number of hydrogen-bond donors (Lipinski definition) is 2. The van der Waals surface area contributed by atoms with Gasteiger partial charge in [0.25, 0.3) is 0 Å². The van der Waals surface area contributed by atoms with Crippen molar-refractivity contribution < 1.29 is 4.79 Å². The maximum Gasteiger partial charge on any atom is 0.318 e. The van der Waals surface area contributed by atoms with Crippen LogP contribution in [0, 0.1) is 0 Å². The van der Waals surface area contributed by atoms with Crippen molar-refractivity contribution in [2.75, 3.05) is 19.6 Å². The normalized spacial score (nSPS) is 28.4. The summed E-state index contributed by atoms with van der Waals surface area (Å²) in [5, 5.41) is 10.4. The summed E-state index contributed by atoms with van der Waals surface area (Å²) in [7, 11) is 0. The van der Waals surface area contributed by atoms with Gasteiger partial charge in [0.05, 0.1) is 11.7 Å². The van der Waals surface area contributed by atoms with Gasteiger partial charge in [-0.1, -0.05) is 19.3 Å². The first-order valence-corrected chi connectivity index (χ1v) is 10.6. The molecule has 1 aromatic heterocycles. The summed E-state index contributed by atoms with van der Waals surface area (Å²) in [6.45, 7) is 2.85. The van der Waals surface area contributed by atoms with Crippen LogP contribution in [0.25, 0.3) is 0 Å². The summed E-state index contributed by atoms with van der Waals surface area (Å²) in [5.41, 5.74) is 1.06. The van der Waals surface area contributed by atoms with Crippen molar-refractivity contribution in [1.82, 2.24) is 25.3 Å². The highest BCUT2D eigenvalue weighted by Gasteiger charge is 2.33. The number of nitrogens with zero attached hydrogens (tertiary/aromatic N) is 3. The second-order valence-corrected chi connectivity index (χ2v) is 8.23. The number of nitrogens with one attached hydrogen (secondary N) is 2. The second kappa shape index (κ2) is 8.42. The number of H-pyrrole nitrogens is 1. The van der Waals surface area contributed by atoms with E-state index in [0.29, 0.717) is 6.04 Å². The number of aromatic nitrogens is 2. The predicted octanol–water partition coefficient (Wildman–Crippen LogP) is 3.44. The minimum atomic E-state index is 0.0970. The van der Waals surface area contributed by atoms with Gasteiger partial charge in [-0.25, -0.2) is 4.79 Å².